The van der Waals surface area contributed by atoms with Crippen LogP contribution in [0.3, 0.4) is 0 Å². The molecule has 1 unspecified atom stereocenters. The number of nitrogens with zero attached hydrogens (tertiary/aromatic N) is 1. The SMILES string of the molecule is CC(C)NC(=O)Cn1cccc1C(C)O. The molecule has 0 aliphatic heterocycles. The van der Waals surface area contributed by atoms with Gasteiger partial charge in [-0.05, 0) is 32.9 Å². The molecule has 0 fully saturated rings. The van der Waals surface area contributed by atoms with Gasteiger partial charge in [-0.1, -0.05) is 0 Å². The Balaban J connectivity index is 2.64. The van der Waals surface area contributed by atoms with Crippen LogP contribution >= 0.6 is 0 Å². The average Bonchev–Trinajstić information content (AvgIpc) is 2.50. The molecule has 4 nitrogen and oxygen atoms in total. The number of aliphatic hydroxyl groups is 1. The van der Waals surface area contributed by atoms with E-state index in [1.54, 1.807) is 17.7 Å². The summed E-state index contributed by atoms with van der Waals surface area (Å²) in [6.07, 6.45) is 1.24. The van der Waals surface area contributed by atoms with E-state index in [2.05, 4.69) is 5.32 Å². The van der Waals surface area contributed by atoms with Crippen molar-refractivity contribution in [1.29, 1.82) is 0 Å². The second-order valence-corrected chi connectivity index (χ2v) is 3.96. The predicted molar refractivity (Wildman–Crippen MR) is 58.3 cm³/mol. The quantitative estimate of drug-likeness (QED) is 0.781. The minimum absolute atomic E-state index is 0.0388. The molecule has 1 rings (SSSR count). The van der Waals surface area contributed by atoms with Crippen molar-refractivity contribution >= 4 is 5.91 Å². The Hall–Kier alpha value is -1.29. The van der Waals surface area contributed by atoms with E-state index in [0.717, 1.165) is 5.69 Å². The van der Waals surface area contributed by atoms with Gasteiger partial charge in [-0.15, -0.1) is 0 Å². The normalized spacial score (nSPS) is 12.9. The maximum atomic E-state index is 11.5. The van der Waals surface area contributed by atoms with Crippen LogP contribution in [0.5, 0.6) is 0 Å². The Morgan fingerprint density at radius 1 is 1.53 bits per heavy atom. The smallest absolute Gasteiger partial charge is 0.240 e. The van der Waals surface area contributed by atoms with E-state index >= 15 is 0 Å². The molecule has 84 valence electrons. The number of rotatable bonds is 4. The second-order valence-electron chi connectivity index (χ2n) is 3.96. The first-order valence-electron chi connectivity index (χ1n) is 5.13. The molecule has 0 bridgehead atoms. The molecule has 1 heterocycles. The van der Waals surface area contributed by atoms with Crippen molar-refractivity contribution in [3.63, 3.8) is 0 Å². The highest BCUT2D eigenvalue weighted by atomic mass is 16.3. The summed E-state index contributed by atoms with van der Waals surface area (Å²) in [6.45, 7) is 5.78. The lowest BCUT2D eigenvalue weighted by Gasteiger charge is -2.12. The Morgan fingerprint density at radius 3 is 2.73 bits per heavy atom. The minimum Gasteiger partial charge on any atom is -0.387 e. The van der Waals surface area contributed by atoms with Crippen molar-refractivity contribution in [3.05, 3.63) is 24.0 Å². The first-order valence-corrected chi connectivity index (χ1v) is 5.13. The molecule has 15 heavy (non-hydrogen) atoms. The molecule has 2 N–H and O–H groups in total. The van der Waals surface area contributed by atoms with Gasteiger partial charge in [-0.2, -0.15) is 0 Å². The predicted octanol–water partition coefficient (Wildman–Crippen LogP) is 1.07. The third kappa shape index (κ3) is 3.40. The molecule has 1 aromatic heterocycles. The summed E-state index contributed by atoms with van der Waals surface area (Å²) in [6, 6.07) is 3.78. The van der Waals surface area contributed by atoms with E-state index in [-0.39, 0.29) is 18.5 Å². The molecule has 1 aromatic rings. The summed E-state index contributed by atoms with van der Waals surface area (Å²) in [5.74, 6) is -0.0388. The van der Waals surface area contributed by atoms with Crippen LogP contribution in [0.1, 0.15) is 32.6 Å². The number of hydrogen-bond donors (Lipinski definition) is 2. The molecule has 0 aliphatic carbocycles. The summed E-state index contributed by atoms with van der Waals surface area (Å²) in [7, 11) is 0. The van der Waals surface area contributed by atoms with Crippen molar-refractivity contribution in [3.8, 4) is 0 Å². The summed E-state index contributed by atoms with van der Waals surface area (Å²) in [5, 5.41) is 12.2. The molecule has 1 amide bonds. The topological polar surface area (TPSA) is 54.3 Å². The number of aliphatic hydroxyl groups excluding tert-OH is 1. The van der Waals surface area contributed by atoms with Gasteiger partial charge in [0.1, 0.15) is 6.54 Å². The summed E-state index contributed by atoms with van der Waals surface area (Å²) < 4.78 is 1.75. The van der Waals surface area contributed by atoms with Crippen LogP contribution in [0, 0.1) is 0 Å². The van der Waals surface area contributed by atoms with Crippen molar-refractivity contribution in [2.45, 2.75) is 39.5 Å². The fourth-order valence-electron chi connectivity index (χ4n) is 1.47. The van der Waals surface area contributed by atoms with Crippen molar-refractivity contribution in [1.82, 2.24) is 9.88 Å². The van der Waals surface area contributed by atoms with Gasteiger partial charge in [0.05, 0.1) is 6.10 Å². The van der Waals surface area contributed by atoms with Crippen LogP contribution in [0.2, 0.25) is 0 Å². The molecule has 0 aliphatic rings. The second kappa shape index (κ2) is 4.98. The Kier molecular flexibility index (Phi) is 3.91. The summed E-state index contributed by atoms with van der Waals surface area (Å²) >= 11 is 0. The molecule has 1 atom stereocenters. The highest BCUT2D eigenvalue weighted by Gasteiger charge is 2.10. The molecular formula is C11H18N2O2. The minimum atomic E-state index is -0.549. The first kappa shape index (κ1) is 11.8. The maximum Gasteiger partial charge on any atom is 0.240 e. The lowest BCUT2D eigenvalue weighted by atomic mass is 10.3. The van der Waals surface area contributed by atoms with Gasteiger partial charge in [0, 0.05) is 17.9 Å². The van der Waals surface area contributed by atoms with Crippen LogP contribution in [-0.2, 0) is 11.3 Å². The van der Waals surface area contributed by atoms with Crippen LogP contribution < -0.4 is 5.32 Å². The van der Waals surface area contributed by atoms with Crippen molar-refractivity contribution in [2.75, 3.05) is 0 Å². The van der Waals surface area contributed by atoms with E-state index < -0.39 is 6.10 Å². The van der Waals surface area contributed by atoms with Crippen LogP contribution in [-0.4, -0.2) is 21.6 Å². The lowest BCUT2D eigenvalue weighted by Crippen LogP contribution is -2.33. The number of nitrogens with one attached hydrogen (secondary N) is 1. The molecule has 0 spiro atoms. The Labute approximate surface area is 89.9 Å². The summed E-state index contributed by atoms with van der Waals surface area (Å²) in [5.41, 5.74) is 0.758. The Bertz CT molecular complexity index is 329. The third-order valence-corrected chi connectivity index (χ3v) is 2.06. The number of carbonyl (C=O) groups excluding carboxylic acids is 1. The molecule has 0 saturated carbocycles. The van der Waals surface area contributed by atoms with Gasteiger partial charge in [0.25, 0.3) is 0 Å². The fraction of sp³-hybridized carbons (Fsp3) is 0.545. The zero-order chi connectivity index (χ0) is 11.4. The monoisotopic (exact) mass is 210 g/mol. The van der Waals surface area contributed by atoms with Crippen LogP contribution in [0.15, 0.2) is 18.3 Å². The van der Waals surface area contributed by atoms with Gasteiger partial charge in [-0.3, -0.25) is 4.79 Å². The molecule has 0 saturated heterocycles. The van der Waals surface area contributed by atoms with E-state index in [1.807, 2.05) is 26.0 Å². The average molecular weight is 210 g/mol. The lowest BCUT2D eigenvalue weighted by molar-refractivity contribution is -0.122. The number of carbonyl (C=O) groups is 1. The van der Waals surface area contributed by atoms with E-state index in [1.165, 1.54) is 0 Å². The first-order chi connectivity index (χ1) is 7.00. The fourth-order valence-corrected chi connectivity index (χ4v) is 1.47. The zero-order valence-electron chi connectivity index (χ0n) is 9.40. The van der Waals surface area contributed by atoms with E-state index in [9.17, 15) is 9.90 Å². The number of aromatic nitrogens is 1. The van der Waals surface area contributed by atoms with Gasteiger partial charge >= 0.3 is 0 Å². The van der Waals surface area contributed by atoms with E-state index in [4.69, 9.17) is 0 Å². The molecule has 0 radical (unpaired) electrons. The highest BCUT2D eigenvalue weighted by molar-refractivity contribution is 5.76. The van der Waals surface area contributed by atoms with Crippen LogP contribution in [0.4, 0.5) is 0 Å². The van der Waals surface area contributed by atoms with Crippen molar-refractivity contribution in [2.24, 2.45) is 0 Å². The standard InChI is InChI=1S/C11H18N2O2/c1-8(2)12-11(15)7-13-6-4-5-10(13)9(3)14/h4-6,8-9,14H,7H2,1-3H3,(H,12,15). The van der Waals surface area contributed by atoms with Crippen molar-refractivity contribution < 1.29 is 9.90 Å². The van der Waals surface area contributed by atoms with Crippen LogP contribution in [0.25, 0.3) is 0 Å². The van der Waals surface area contributed by atoms with Gasteiger partial charge in [0.15, 0.2) is 0 Å². The highest BCUT2D eigenvalue weighted by Crippen LogP contribution is 2.12. The Morgan fingerprint density at radius 2 is 2.20 bits per heavy atom. The zero-order valence-corrected chi connectivity index (χ0v) is 9.40. The molecule has 4 heteroatoms. The van der Waals surface area contributed by atoms with Gasteiger partial charge in [-0.25, -0.2) is 0 Å². The largest absolute Gasteiger partial charge is 0.387 e. The van der Waals surface area contributed by atoms with E-state index in [0.29, 0.717) is 0 Å². The molecule has 0 aromatic carbocycles. The summed E-state index contributed by atoms with van der Waals surface area (Å²) in [4.78, 5) is 11.5. The maximum absolute atomic E-state index is 11.5. The van der Waals surface area contributed by atoms with Gasteiger partial charge < -0.3 is 15.0 Å². The number of hydrogen-bond acceptors (Lipinski definition) is 2. The molecular weight excluding hydrogens is 192 g/mol. The number of amides is 1. The third-order valence-electron chi connectivity index (χ3n) is 2.06. The van der Waals surface area contributed by atoms with Gasteiger partial charge in [0.2, 0.25) is 5.91 Å².